The van der Waals surface area contributed by atoms with E-state index in [1.54, 1.807) is 19.1 Å². The molecule has 0 radical (unpaired) electrons. The highest BCUT2D eigenvalue weighted by atomic mass is 16.3. The molecule has 0 saturated carbocycles. The third kappa shape index (κ3) is 7.67. The molecule has 0 bridgehead atoms. The van der Waals surface area contributed by atoms with Crippen LogP contribution in [0, 0.1) is 5.41 Å². The van der Waals surface area contributed by atoms with Crippen LogP contribution in [-0.4, -0.2) is 52.6 Å². The largest absolute Gasteiger partial charge is 0.400 e. The van der Waals surface area contributed by atoms with Crippen LogP contribution in [0.15, 0.2) is 24.3 Å². The Bertz CT molecular complexity index is 443. The minimum atomic E-state index is -0.641. The van der Waals surface area contributed by atoms with Gasteiger partial charge in [0.25, 0.3) is 0 Å². The summed E-state index contributed by atoms with van der Waals surface area (Å²) in [5.41, 5.74) is 7.03. The monoisotopic (exact) mass is 327 g/mol. The molecule has 0 spiro atoms. The van der Waals surface area contributed by atoms with Gasteiger partial charge in [-0.2, -0.15) is 0 Å². The summed E-state index contributed by atoms with van der Waals surface area (Å²) in [6.45, 7) is 1.41. The summed E-state index contributed by atoms with van der Waals surface area (Å²) >= 11 is 0. The zero-order valence-corrected chi connectivity index (χ0v) is 13.9. The lowest BCUT2D eigenvalue weighted by molar-refractivity contribution is -0.121. The SMILES string of the molecule is CC(CO)(CO)CCC(=O)C(N)Cc1ccc(CO)cc1.CO. The van der Waals surface area contributed by atoms with Gasteiger partial charge in [-0.15, -0.1) is 0 Å². The van der Waals surface area contributed by atoms with Crippen LogP contribution in [0.2, 0.25) is 0 Å². The van der Waals surface area contributed by atoms with Gasteiger partial charge in [-0.1, -0.05) is 31.2 Å². The quantitative estimate of drug-likeness (QED) is 0.435. The van der Waals surface area contributed by atoms with Gasteiger partial charge >= 0.3 is 0 Å². The first-order valence-electron chi connectivity index (χ1n) is 7.57. The number of aliphatic hydroxyl groups is 4. The molecule has 0 fully saturated rings. The van der Waals surface area contributed by atoms with E-state index in [-0.39, 0.29) is 32.0 Å². The average Bonchev–Trinajstić information content (AvgIpc) is 2.61. The molecule has 0 saturated heterocycles. The smallest absolute Gasteiger partial charge is 0.149 e. The Kier molecular flexibility index (Phi) is 10.6. The van der Waals surface area contributed by atoms with Crippen LogP contribution in [0.4, 0.5) is 0 Å². The van der Waals surface area contributed by atoms with Gasteiger partial charge < -0.3 is 26.2 Å². The third-order valence-corrected chi connectivity index (χ3v) is 3.81. The molecule has 132 valence electrons. The van der Waals surface area contributed by atoms with E-state index in [9.17, 15) is 15.0 Å². The highest BCUT2D eigenvalue weighted by Crippen LogP contribution is 2.22. The van der Waals surface area contributed by atoms with Crippen molar-refractivity contribution < 1.29 is 25.2 Å². The highest BCUT2D eigenvalue weighted by molar-refractivity contribution is 5.84. The predicted molar refractivity (Wildman–Crippen MR) is 88.7 cm³/mol. The van der Waals surface area contributed by atoms with Gasteiger partial charge in [0, 0.05) is 18.9 Å². The zero-order chi connectivity index (χ0) is 17.9. The second kappa shape index (κ2) is 11.3. The van der Waals surface area contributed by atoms with Gasteiger partial charge in [0.15, 0.2) is 0 Å². The van der Waals surface area contributed by atoms with Crippen LogP contribution in [0.3, 0.4) is 0 Å². The van der Waals surface area contributed by atoms with Crippen LogP contribution in [0.1, 0.15) is 30.9 Å². The van der Waals surface area contributed by atoms with Gasteiger partial charge in [-0.05, 0) is 24.0 Å². The van der Waals surface area contributed by atoms with E-state index in [0.29, 0.717) is 12.8 Å². The summed E-state index contributed by atoms with van der Waals surface area (Å²) in [5.74, 6) is -0.0747. The standard InChI is InChI=1S/C16H25NO4.CH4O/c1-16(10-19,11-20)7-6-15(21)14(17)8-12-2-4-13(9-18)5-3-12;1-2/h2-5,14,18-20H,6-11,17H2,1H3;2H,1H3. The molecule has 6 heteroatoms. The maximum Gasteiger partial charge on any atom is 0.149 e. The fourth-order valence-corrected chi connectivity index (χ4v) is 1.97. The second-order valence-corrected chi connectivity index (χ2v) is 5.88. The van der Waals surface area contributed by atoms with E-state index in [2.05, 4.69) is 0 Å². The number of Topliss-reactive ketones (excluding diaryl/α,β-unsaturated/α-hetero) is 1. The Morgan fingerprint density at radius 1 is 1.09 bits per heavy atom. The van der Waals surface area contributed by atoms with Gasteiger partial charge in [-0.3, -0.25) is 4.79 Å². The number of nitrogens with two attached hydrogens (primary N) is 1. The van der Waals surface area contributed by atoms with E-state index < -0.39 is 11.5 Å². The van der Waals surface area contributed by atoms with Crippen molar-refractivity contribution in [3.8, 4) is 0 Å². The molecule has 1 atom stereocenters. The Morgan fingerprint density at radius 2 is 1.57 bits per heavy atom. The van der Waals surface area contributed by atoms with E-state index in [1.807, 2.05) is 12.1 Å². The number of benzene rings is 1. The second-order valence-electron chi connectivity index (χ2n) is 5.88. The van der Waals surface area contributed by atoms with Crippen molar-refractivity contribution in [2.24, 2.45) is 11.1 Å². The third-order valence-electron chi connectivity index (χ3n) is 3.81. The van der Waals surface area contributed by atoms with Gasteiger partial charge in [0.1, 0.15) is 5.78 Å². The van der Waals surface area contributed by atoms with Crippen molar-refractivity contribution in [1.29, 1.82) is 0 Å². The average molecular weight is 327 g/mol. The van der Waals surface area contributed by atoms with Crippen molar-refractivity contribution in [1.82, 2.24) is 0 Å². The molecular formula is C17H29NO5. The summed E-state index contributed by atoms with van der Waals surface area (Å²) in [7, 11) is 1.00. The number of aliphatic hydroxyl groups excluding tert-OH is 4. The van der Waals surface area contributed by atoms with E-state index in [1.165, 1.54) is 0 Å². The molecular weight excluding hydrogens is 298 g/mol. The molecule has 0 amide bonds. The highest BCUT2D eigenvalue weighted by Gasteiger charge is 2.25. The molecule has 1 rings (SSSR count). The Hall–Kier alpha value is -1.31. The summed E-state index contributed by atoms with van der Waals surface area (Å²) < 4.78 is 0. The van der Waals surface area contributed by atoms with E-state index in [0.717, 1.165) is 18.2 Å². The normalized spacial score (nSPS) is 12.3. The first-order chi connectivity index (χ1) is 10.9. The summed E-state index contributed by atoms with van der Waals surface area (Å²) in [6, 6.07) is 6.73. The van der Waals surface area contributed by atoms with Crippen LogP contribution < -0.4 is 5.73 Å². The van der Waals surface area contributed by atoms with Crippen LogP contribution in [0.5, 0.6) is 0 Å². The number of carbonyl (C=O) groups excluding carboxylic acids is 1. The van der Waals surface area contributed by atoms with Crippen LogP contribution in [0.25, 0.3) is 0 Å². The topological polar surface area (TPSA) is 124 Å². The molecule has 0 aromatic heterocycles. The van der Waals surface area contributed by atoms with Crippen molar-refractivity contribution in [2.45, 2.75) is 38.8 Å². The van der Waals surface area contributed by atoms with E-state index in [4.69, 9.17) is 15.9 Å². The van der Waals surface area contributed by atoms with Crippen LogP contribution >= 0.6 is 0 Å². The van der Waals surface area contributed by atoms with Crippen LogP contribution in [-0.2, 0) is 17.8 Å². The zero-order valence-electron chi connectivity index (χ0n) is 13.9. The first kappa shape index (κ1) is 21.7. The number of ketones is 1. The maximum absolute atomic E-state index is 12.0. The molecule has 6 nitrogen and oxygen atoms in total. The lowest BCUT2D eigenvalue weighted by atomic mass is 9.85. The molecule has 1 aromatic carbocycles. The molecule has 23 heavy (non-hydrogen) atoms. The predicted octanol–water partition coefficient (Wildman–Crippen LogP) is -0.00260. The number of hydrogen-bond acceptors (Lipinski definition) is 6. The molecule has 1 unspecified atom stereocenters. The molecule has 0 aliphatic rings. The minimum absolute atomic E-state index is 0.00777. The Balaban J connectivity index is 0.00000232. The van der Waals surface area contributed by atoms with Crippen molar-refractivity contribution in [3.63, 3.8) is 0 Å². The maximum atomic E-state index is 12.0. The van der Waals surface area contributed by atoms with Crippen molar-refractivity contribution in [2.75, 3.05) is 20.3 Å². The number of carbonyl (C=O) groups is 1. The Morgan fingerprint density at radius 3 is 2.00 bits per heavy atom. The van der Waals surface area contributed by atoms with Crippen molar-refractivity contribution >= 4 is 5.78 Å². The lowest BCUT2D eigenvalue weighted by Gasteiger charge is -2.24. The molecule has 1 aromatic rings. The van der Waals surface area contributed by atoms with Gasteiger partial charge in [-0.25, -0.2) is 0 Å². The lowest BCUT2D eigenvalue weighted by Crippen LogP contribution is -2.35. The fourth-order valence-electron chi connectivity index (χ4n) is 1.97. The van der Waals surface area contributed by atoms with E-state index >= 15 is 0 Å². The summed E-state index contributed by atoms with van der Waals surface area (Å²) in [5, 5.41) is 34.4. The molecule has 6 N–H and O–H groups in total. The number of rotatable bonds is 9. The molecule has 0 aliphatic carbocycles. The summed E-state index contributed by atoms with van der Waals surface area (Å²) in [6.07, 6.45) is 1.10. The number of hydrogen-bond donors (Lipinski definition) is 5. The van der Waals surface area contributed by atoms with Crippen molar-refractivity contribution in [3.05, 3.63) is 35.4 Å². The van der Waals surface area contributed by atoms with Gasteiger partial charge in [0.05, 0.1) is 25.9 Å². The summed E-state index contributed by atoms with van der Waals surface area (Å²) in [4.78, 5) is 12.0. The van der Waals surface area contributed by atoms with Gasteiger partial charge in [0.2, 0.25) is 0 Å². The minimum Gasteiger partial charge on any atom is -0.400 e. The molecule has 0 aliphatic heterocycles. The fraction of sp³-hybridized carbons (Fsp3) is 0.588. The molecule has 0 heterocycles. The first-order valence-corrected chi connectivity index (χ1v) is 7.57. The Labute approximate surface area is 137 Å².